The molecule has 2 heterocycles. The van der Waals surface area contributed by atoms with Gasteiger partial charge >= 0.3 is 0 Å². The molecule has 4 N–H and O–H groups in total. The summed E-state index contributed by atoms with van der Waals surface area (Å²) in [5.74, 6) is 5.93. The van der Waals surface area contributed by atoms with Crippen molar-refractivity contribution >= 4 is 21.1 Å². The summed E-state index contributed by atoms with van der Waals surface area (Å²) >= 11 is 0. The van der Waals surface area contributed by atoms with Gasteiger partial charge in [-0.15, -0.1) is 0 Å². The van der Waals surface area contributed by atoms with Crippen LogP contribution in [0.25, 0.3) is 33.5 Å². The SMILES string of the molecule is COc1ccc(-n2nc(CON)c3ncn(-c4ccc(-c5ccccc5S(N)(=O)=O)cc4)c(=O)c32)cc1. The van der Waals surface area contributed by atoms with Crippen LogP contribution in [0.2, 0.25) is 0 Å². The summed E-state index contributed by atoms with van der Waals surface area (Å²) in [5.41, 5.74) is 2.88. The Kier molecular flexibility index (Phi) is 6.31. The van der Waals surface area contributed by atoms with Crippen LogP contribution in [0.5, 0.6) is 5.75 Å². The highest BCUT2D eigenvalue weighted by Gasteiger charge is 2.19. The van der Waals surface area contributed by atoms with Crippen LogP contribution in [0.3, 0.4) is 0 Å². The number of primary sulfonamides is 1. The van der Waals surface area contributed by atoms with Gasteiger partial charge in [-0.05, 0) is 48.0 Å². The number of aromatic nitrogens is 4. The summed E-state index contributed by atoms with van der Waals surface area (Å²) in [5, 5.41) is 9.89. The molecular weight excluding hydrogens is 496 g/mol. The molecule has 2 aromatic heterocycles. The smallest absolute Gasteiger partial charge is 0.284 e. The summed E-state index contributed by atoms with van der Waals surface area (Å²) in [4.78, 5) is 22.9. The highest BCUT2D eigenvalue weighted by Crippen LogP contribution is 2.27. The van der Waals surface area contributed by atoms with E-state index in [9.17, 15) is 13.2 Å². The van der Waals surface area contributed by atoms with E-state index in [1.54, 1.807) is 73.8 Å². The largest absolute Gasteiger partial charge is 0.497 e. The fourth-order valence-corrected chi connectivity index (χ4v) is 4.85. The van der Waals surface area contributed by atoms with E-state index in [1.165, 1.54) is 21.6 Å². The van der Waals surface area contributed by atoms with Gasteiger partial charge in [-0.3, -0.25) is 14.2 Å². The average Bonchev–Trinajstić information content (AvgIpc) is 3.28. The predicted octanol–water partition coefficient (Wildman–Crippen LogP) is 2.28. The lowest BCUT2D eigenvalue weighted by Gasteiger charge is -2.10. The first kappa shape index (κ1) is 24.3. The molecule has 0 fully saturated rings. The zero-order valence-corrected chi connectivity index (χ0v) is 20.4. The van der Waals surface area contributed by atoms with Crippen molar-refractivity contribution in [3.63, 3.8) is 0 Å². The van der Waals surface area contributed by atoms with Crippen LogP contribution in [0.1, 0.15) is 5.69 Å². The number of rotatable bonds is 7. The van der Waals surface area contributed by atoms with Gasteiger partial charge in [0, 0.05) is 5.56 Å². The van der Waals surface area contributed by atoms with Crippen LogP contribution in [0, 0.1) is 0 Å². The van der Waals surface area contributed by atoms with Crippen molar-refractivity contribution in [1.29, 1.82) is 0 Å². The molecule has 0 amide bonds. The zero-order valence-electron chi connectivity index (χ0n) is 19.6. The molecule has 5 rings (SSSR count). The van der Waals surface area contributed by atoms with Gasteiger partial charge in [-0.2, -0.15) is 5.10 Å². The van der Waals surface area contributed by atoms with Gasteiger partial charge in [0.15, 0.2) is 5.52 Å². The third-order valence-corrected chi connectivity index (χ3v) is 6.81. The maximum atomic E-state index is 13.7. The monoisotopic (exact) mass is 518 g/mol. The molecule has 11 nitrogen and oxygen atoms in total. The maximum absolute atomic E-state index is 13.7. The van der Waals surface area contributed by atoms with Crippen molar-refractivity contribution in [3.8, 4) is 28.3 Å². The number of fused-ring (bicyclic) bond motifs is 1. The number of sulfonamides is 1. The van der Waals surface area contributed by atoms with Crippen LogP contribution in [0.4, 0.5) is 0 Å². The Balaban J connectivity index is 1.63. The number of hydrogen-bond donors (Lipinski definition) is 2. The Morgan fingerprint density at radius 3 is 2.27 bits per heavy atom. The lowest BCUT2D eigenvalue weighted by Crippen LogP contribution is -2.21. The van der Waals surface area contributed by atoms with Crippen LogP contribution in [-0.4, -0.2) is 34.9 Å². The molecule has 0 aliphatic carbocycles. The average molecular weight is 519 g/mol. The van der Waals surface area contributed by atoms with Crippen LogP contribution >= 0.6 is 0 Å². The molecule has 0 spiro atoms. The Bertz CT molecular complexity index is 1760. The molecule has 0 unspecified atom stereocenters. The molecule has 5 aromatic rings. The molecule has 188 valence electrons. The Labute approximate surface area is 211 Å². The van der Waals surface area contributed by atoms with E-state index >= 15 is 0 Å². The third kappa shape index (κ3) is 4.49. The molecule has 37 heavy (non-hydrogen) atoms. The molecule has 12 heteroatoms. The summed E-state index contributed by atoms with van der Waals surface area (Å²) in [7, 11) is -2.35. The topological polar surface area (TPSA) is 157 Å². The Hall–Kier alpha value is -4.36. The number of ether oxygens (including phenoxy) is 1. The van der Waals surface area contributed by atoms with Crippen LogP contribution < -0.4 is 21.3 Å². The minimum Gasteiger partial charge on any atom is -0.497 e. The van der Waals surface area contributed by atoms with Crippen molar-refractivity contribution in [2.45, 2.75) is 11.5 Å². The molecule has 3 aromatic carbocycles. The number of nitrogens with zero attached hydrogens (tertiary/aromatic N) is 4. The van der Waals surface area contributed by atoms with E-state index in [-0.39, 0.29) is 22.6 Å². The summed E-state index contributed by atoms with van der Waals surface area (Å²) in [6.45, 7) is -0.0335. The van der Waals surface area contributed by atoms with Gasteiger partial charge < -0.3 is 4.74 Å². The van der Waals surface area contributed by atoms with E-state index in [0.29, 0.717) is 39.5 Å². The molecule has 0 aliphatic rings. The molecule has 0 aliphatic heterocycles. The number of methoxy groups -OCH3 is 1. The Morgan fingerprint density at radius 1 is 0.946 bits per heavy atom. The highest BCUT2D eigenvalue weighted by atomic mass is 32.2. The van der Waals surface area contributed by atoms with Gasteiger partial charge in [0.25, 0.3) is 5.56 Å². The number of hydrogen-bond acceptors (Lipinski definition) is 8. The van der Waals surface area contributed by atoms with Gasteiger partial charge in [0.2, 0.25) is 10.0 Å². The van der Waals surface area contributed by atoms with Gasteiger partial charge in [-0.1, -0.05) is 30.3 Å². The zero-order chi connectivity index (χ0) is 26.2. The van der Waals surface area contributed by atoms with E-state index in [2.05, 4.69) is 10.1 Å². The van der Waals surface area contributed by atoms with Gasteiger partial charge in [0.1, 0.15) is 29.9 Å². The highest BCUT2D eigenvalue weighted by molar-refractivity contribution is 7.89. The van der Waals surface area contributed by atoms with E-state index < -0.39 is 10.0 Å². The second-order valence-electron chi connectivity index (χ2n) is 8.07. The van der Waals surface area contributed by atoms with E-state index in [0.717, 1.165) is 0 Å². The van der Waals surface area contributed by atoms with Gasteiger partial charge in [-0.25, -0.2) is 29.1 Å². The van der Waals surface area contributed by atoms with Crippen molar-refractivity contribution in [2.24, 2.45) is 11.0 Å². The lowest BCUT2D eigenvalue weighted by molar-refractivity contribution is 0.122. The Morgan fingerprint density at radius 2 is 1.62 bits per heavy atom. The first-order chi connectivity index (χ1) is 17.8. The minimum atomic E-state index is -3.91. The van der Waals surface area contributed by atoms with Crippen LogP contribution in [0.15, 0.2) is 88.8 Å². The van der Waals surface area contributed by atoms with Crippen LogP contribution in [-0.2, 0) is 21.5 Å². The molecule has 0 atom stereocenters. The lowest BCUT2D eigenvalue weighted by atomic mass is 10.1. The third-order valence-electron chi connectivity index (χ3n) is 5.84. The fraction of sp³-hybridized carbons (Fsp3) is 0.0800. The summed E-state index contributed by atoms with van der Waals surface area (Å²) in [6.07, 6.45) is 1.40. The van der Waals surface area contributed by atoms with E-state index in [1.807, 2.05) is 0 Å². The predicted molar refractivity (Wildman–Crippen MR) is 137 cm³/mol. The van der Waals surface area contributed by atoms with Gasteiger partial charge in [0.05, 0.1) is 23.4 Å². The molecular formula is C25H22N6O5S. The van der Waals surface area contributed by atoms with Crippen molar-refractivity contribution < 1.29 is 18.0 Å². The van der Waals surface area contributed by atoms with Crippen molar-refractivity contribution in [3.05, 3.63) is 95.2 Å². The first-order valence-electron chi connectivity index (χ1n) is 11.0. The first-order valence-corrected chi connectivity index (χ1v) is 12.5. The minimum absolute atomic E-state index is 0.0149. The quantitative estimate of drug-likeness (QED) is 0.311. The number of nitrogens with two attached hydrogens (primary N) is 2. The molecule has 0 bridgehead atoms. The number of benzene rings is 3. The fourth-order valence-electron chi connectivity index (χ4n) is 4.09. The van der Waals surface area contributed by atoms with Crippen molar-refractivity contribution in [2.75, 3.05) is 7.11 Å². The second kappa shape index (κ2) is 9.59. The molecule has 0 saturated heterocycles. The normalized spacial score (nSPS) is 11.6. The summed E-state index contributed by atoms with van der Waals surface area (Å²) in [6, 6.07) is 20.3. The molecule has 0 radical (unpaired) electrons. The standard InChI is InChI=1S/C25H22N6O5S/c1-35-19-12-10-18(11-13-19)31-24-23(21(29-31)14-36-26)28-15-30(25(24)32)17-8-6-16(7-9-17)20-4-2-3-5-22(20)37(27,33)34/h2-13,15H,14,26H2,1H3,(H2,27,33,34). The van der Waals surface area contributed by atoms with Crippen molar-refractivity contribution in [1.82, 2.24) is 19.3 Å². The summed E-state index contributed by atoms with van der Waals surface area (Å²) < 4.78 is 32.1. The maximum Gasteiger partial charge on any atom is 0.284 e. The second-order valence-corrected chi connectivity index (χ2v) is 9.60. The van der Waals surface area contributed by atoms with E-state index in [4.69, 9.17) is 20.6 Å². The molecule has 0 saturated carbocycles.